The van der Waals surface area contributed by atoms with Gasteiger partial charge in [-0.15, -0.1) is 0 Å². The van der Waals surface area contributed by atoms with Crippen LogP contribution in [0, 0.1) is 0 Å². The molecule has 0 aliphatic heterocycles. The number of nitrogens with zero attached hydrogens (tertiary/aromatic N) is 1. The number of aliphatic hydroxyl groups is 3. The molecule has 0 aliphatic rings. The fourth-order valence-corrected chi connectivity index (χ4v) is 6.76. The first-order chi connectivity index (χ1) is 29.2. The van der Waals surface area contributed by atoms with Crippen molar-refractivity contribution in [3.63, 3.8) is 0 Å². The molecule has 0 bridgehead atoms. The molecule has 0 saturated carbocycles. The van der Waals surface area contributed by atoms with Crippen LogP contribution in [0.25, 0.3) is 0 Å². The van der Waals surface area contributed by atoms with Crippen molar-refractivity contribution in [2.45, 2.75) is 186 Å². The predicted octanol–water partition coefficient (Wildman–Crippen LogP) is 9.53. The second-order valence-corrected chi connectivity index (χ2v) is 18.4. The van der Waals surface area contributed by atoms with Gasteiger partial charge in [0, 0.05) is 12.8 Å². The van der Waals surface area contributed by atoms with Gasteiger partial charge in [-0.2, -0.15) is 0 Å². The highest BCUT2D eigenvalue weighted by molar-refractivity contribution is 7.45. The predicted molar refractivity (Wildman–Crippen MR) is 245 cm³/mol. The van der Waals surface area contributed by atoms with Gasteiger partial charge in [0.05, 0.1) is 46.1 Å². The minimum Gasteiger partial charge on any atom is -0.756 e. The number of hydrogen-bond donors (Lipinski definition) is 3. The normalized spacial score (nSPS) is 15.6. The second-order valence-electron chi connectivity index (χ2n) is 17.0. The number of phosphoric ester groups is 1. The number of esters is 2. The molecule has 0 radical (unpaired) electrons. The summed E-state index contributed by atoms with van der Waals surface area (Å²) in [5.74, 6) is -1.17. The summed E-state index contributed by atoms with van der Waals surface area (Å²) in [7, 11) is 0.967. The summed E-state index contributed by atoms with van der Waals surface area (Å²) in [6.45, 7) is 3.71. The molecular formula is C48H86NO11P. The maximum absolute atomic E-state index is 12.7. The largest absolute Gasteiger partial charge is 0.756 e. The van der Waals surface area contributed by atoms with Crippen LogP contribution in [0.4, 0.5) is 0 Å². The number of rotatable bonds is 41. The van der Waals surface area contributed by atoms with E-state index in [0.717, 1.165) is 57.8 Å². The number of aliphatic hydroxyl groups excluding tert-OH is 3. The molecule has 0 saturated heterocycles. The highest BCUT2D eigenvalue weighted by Gasteiger charge is 2.22. The first-order valence-corrected chi connectivity index (χ1v) is 24.8. The van der Waals surface area contributed by atoms with E-state index in [0.29, 0.717) is 17.4 Å². The minimum atomic E-state index is -4.71. The number of carbonyl (C=O) groups is 2. The van der Waals surface area contributed by atoms with E-state index in [2.05, 4.69) is 26.0 Å². The van der Waals surface area contributed by atoms with E-state index in [1.54, 1.807) is 42.5 Å². The standard InChI is InChI=1S/C48H86NO11P/c1-6-8-10-11-12-13-14-15-16-17-18-19-20-21-22-27-31-37-48(54)60-44(42-59-61(55,56)58-40-39-49(3,4)5)41-57-47(53)38-32-36-46(52)45(51)35-30-26-24-23-25-29-34-43(50)33-28-9-7-2/h15-16,23-26,29-30,34-35,43-46,50-52H,6-14,17-22,27-28,31-33,36-42H2,1-5H3/b16-15-,25-23-,26-24+,34-29+,35-30+/t43-,44-,45-,46-/m1/s1. The molecule has 5 atom stereocenters. The number of allylic oxidation sites excluding steroid dienone is 8. The van der Waals surface area contributed by atoms with Crippen molar-refractivity contribution in [3.8, 4) is 0 Å². The van der Waals surface area contributed by atoms with Crippen LogP contribution in [0.5, 0.6) is 0 Å². The SMILES string of the molecule is CCCCCCCC/C=C\CCCCCCCCCC(=O)O[C@H](COC(=O)CCC[C@@H](O)[C@H](O)/C=C/C=C/C=C\C=C\[C@H](O)CCCCC)COP(=O)([O-])OCC[N+](C)(C)C. The molecule has 0 heterocycles. The van der Waals surface area contributed by atoms with E-state index in [9.17, 15) is 34.4 Å². The third kappa shape index (κ3) is 41.4. The third-order valence-electron chi connectivity index (χ3n) is 9.88. The number of carbonyl (C=O) groups excluding carboxylic acids is 2. The number of unbranched alkanes of at least 4 members (excludes halogenated alkanes) is 15. The topological polar surface area (TPSA) is 172 Å². The number of likely N-dealkylation sites (N-methyl/N-ethyl adjacent to an activating group) is 1. The summed E-state index contributed by atoms with van der Waals surface area (Å²) >= 11 is 0. The fraction of sp³-hybridized carbons (Fsp3) is 0.750. The fourth-order valence-electron chi connectivity index (χ4n) is 6.03. The zero-order chi connectivity index (χ0) is 45.5. The summed E-state index contributed by atoms with van der Waals surface area (Å²) < 4.78 is 33.7. The Morgan fingerprint density at radius 3 is 1.75 bits per heavy atom. The Kier molecular flexibility index (Phi) is 37.7. The van der Waals surface area contributed by atoms with Crippen molar-refractivity contribution < 1.29 is 57.4 Å². The smallest absolute Gasteiger partial charge is 0.306 e. The first-order valence-electron chi connectivity index (χ1n) is 23.3. The van der Waals surface area contributed by atoms with Gasteiger partial charge < -0.3 is 43.2 Å². The Morgan fingerprint density at radius 2 is 1.15 bits per heavy atom. The van der Waals surface area contributed by atoms with Gasteiger partial charge in [0.1, 0.15) is 19.8 Å². The first kappa shape index (κ1) is 58.6. The van der Waals surface area contributed by atoms with Gasteiger partial charge in [-0.05, 0) is 51.4 Å². The van der Waals surface area contributed by atoms with Gasteiger partial charge >= 0.3 is 11.9 Å². The Hall–Kier alpha value is -2.41. The lowest BCUT2D eigenvalue weighted by Crippen LogP contribution is -2.37. The van der Waals surface area contributed by atoms with Crippen molar-refractivity contribution in [1.29, 1.82) is 0 Å². The molecule has 3 N–H and O–H groups in total. The van der Waals surface area contributed by atoms with Crippen LogP contribution < -0.4 is 4.89 Å². The molecule has 0 aromatic heterocycles. The molecular weight excluding hydrogens is 797 g/mol. The van der Waals surface area contributed by atoms with Crippen LogP contribution in [0.3, 0.4) is 0 Å². The average Bonchev–Trinajstić information content (AvgIpc) is 3.20. The van der Waals surface area contributed by atoms with Crippen LogP contribution in [-0.4, -0.2) is 104 Å². The van der Waals surface area contributed by atoms with E-state index >= 15 is 0 Å². The summed E-state index contributed by atoms with van der Waals surface area (Å²) in [4.78, 5) is 37.6. The van der Waals surface area contributed by atoms with Gasteiger partial charge in [0.2, 0.25) is 0 Å². The molecule has 1 unspecified atom stereocenters. The Balaban J connectivity index is 4.65. The highest BCUT2D eigenvalue weighted by atomic mass is 31.2. The van der Waals surface area contributed by atoms with Crippen molar-refractivity contribution in [1.82, 2.24) is 0 Å². The molecule has 61 heavy (non-hydrogen) atoms. The average molecular weight is 884 g/mol. The lowest BCUT2D eigenvalue weighted by molar-refractivity contribution is -0.870. The summed E-state index contributed by atoms with van der Waals surface area (Å²) in [5.41, 5.74) is 0. The molecule has 354 valence electrons. The molecule has 0 rings (SSSR count). The zero-order valence-electron chi connectivity index (χ0n) is 38.7. The molecule has 0 aliphatic carbocycles. The summed E-state index contributed by atoms with van der Waals surface area (Å²) in [6, 6.07) is 0. The second kappa shape index (κ2) is 39.2. The van der Waals surface area contributed by atoms with Crippen LogP contribution in [0.2, 0.25) is 0 Å². The molecule has 12 nitrogen and oxygen atoms in total. The van der Waals surface area contributed by atoms with Gasteiger partial charge in [-0.25, -0.2) is 0 Å². The Morgan fingerprint density at radius 1 is 0.623 bits per heavy atom. The Bertz CT molecular complexity index is 1280. The maximum atomic E-state index is 12.7. The number of phosphoric acid groups is 1. The summed E-state index contributed by atoms with van der Waals surface area (Å²) in [6.07, 6.45) is 36.1. The van der Waals surface area contributed by atoms with Gasteiger partial charge in [0.15, 0.2) is 6.10 Å². The highest BCUT2D eigenvalue weighted by Crippen LogP contribution is 2.38. The van der Waals surface area contributed by atoms with Crippen LogP contribution >= 0.6 is 7.82 Å². The van der Waals surface area contributed by atoms with Gasteiger partial charge in [-0.3, -0.25) is 14.2 Å². The molecule has 0 fully saturated rings. The van der Waals surface area contributed by atoms with E-state index < -0.39 is 57.4 Å². The molecule has 0 aromatic rings. The van der Waals surface area contributed by atoms with E-state index in [4.69, 9.17) is 18.5 Å². The van der Waals surface area contributed by atoms with Gasteiger partial charge in [-0.1, -0.05) is 158 Å². The molecule has 0 aromatic carbocycles. The number of hydrogen-bond acceptors (Lipinski definition) is 11. The number of ether oxygens (including phenoxy) is 2. The van der Waals surface area contributed by atoms with E-state index in [1.165, 1.54) is 63.9 Å². The van der Waals surface area contributed by atoms with Crippen LogP contribution in [0.1, 0.15) is 162 Å². The van der Waals surface area contributed by atoms with Crippen molar-refractivity contribution in [2.24, 2.45) is 0 Å². The lowest BCUT2D eigenvalue weighted by Gasteiger charge is -2.28. The zero-order valence-corrected chi connectivity index (χ0v) is 39.6. The van der Waals surface area contributed by atoms with Crippen molar-refractivity contribution in [2.75, 3.05) is 47.5 Å². The van der Waals surface area contributed by atoms with E-state index in [-0.39, 0.29) is 32.3 Å². The van der Waals surface area contributed by atoms with Crippen molar-refractivity contribution >= 4 is 19.8 Å². The maximum Gasteiger partial charge on any atom is 0.306 e. The molecule has 0 amide bonds. The minimum absolute atomic E-state index is 0.0787. The van der Waals surface area contributed by atoms with Gasteiger partial charge in [0.25, 0.3) is 7.82 Å². The van der Waals surface area contributed by atoms with Crippen molar-refractivity contribution in [3.05, 3.63) is 60.8 Å². The van der Waals surface area contributed by atoms with Crippen LogP contribution in [0.15, 0.2) is 60.8 Å². The number of quaternary nitrogens is 1. The Labute approximate surface area is 370 Å². The quantitative estimate of drug-likeness (QED) is 0.0133. The monoisotopic (exact) mass is 884 g/mol. The lowest BCUT2D eigenvalue weighted by atomic mass is 10.1. The molecule has 13 heteroatoms. The van der Waals surface area contributed by atoms with Crippen LogP contribution in [-0.2, 0) is 32.7 Å². The molecule has 0 spiro atoms. The van der Waals surface area contributed by atoms with E-state index in [1.807, 2.05) is 21.1 Å². The third-order valence-corrected chi connectivity index (χ3v) is 10.8. The summed E-state index contributed by atoms with van der Waals surface area (Å²) in [5, 5.41) is 30.5.